The number of halogens is 1. The largest absolute Gasteiger partial charge is 0.389 e. The summed E-state index contributed by atoms with van der Waals surface area (Å²) in [6, 6.07) is 0. The van der Waals surface area contributed by atoms with Gasteiger partial charge in [-0.1, -0.05) is 15.9 Å². The summed E-state index contributed by atoms with van der Waals surface area (Å²) in [5.41, 5.74) is 1.20. The van der Waals surface area contributed by atoms with Crippen LogP contribution < -0.4 is 0 Å². The van der Waals surface area contributed by atoms with Gasteiger partial charge in [-0.2, -0.15) is 0 Å². The Morgan fingerprint density at radius 2 is 2.20 bits per heavy atom. The van der Waals surface area contributed by atoms with Crippen LogP contribution in [0.1, 0.15) is 11.8 Å². The van der Waals surface area contributed by atoms with Crippen LogP contribution in [0.15, 0.2) is 24.8 Å². The first kappa shape index (κ1) is 10.5. The normalized spacial score (nSPS) is 15.4. The fourth-order valence-electron chi connectivity index (χ4n) is 1.36. The van der Waals surface area contributed by atoms with Crippen molar-refractivity contribution in [3.8, 4) is 0 Å². The molecule has 2 N–H and O–H groups in total. The van der Waals surface area contributed by atoms with Crippen LogP contribution in [0.5, 0.6) is 0 Å². The zero-order valence-electron chi connectivity index (χ0n) is 7.79. The molecule has 2 atom stereocenters. The van der Waals surface area contributed by atoms with E-state index in [1.807, 2.05) is 0 Å². The lowest BCUT2D eigenvalue weighted by Gasteiger charge is -2.14. The van der Waals surface area contributed by atoms with Crippen molar-refractivity contribution in [1.82, 2.24) is 14.4 Å². The lowest BCUT2D eigenvalue weighted by molar-refractivity contribution is 0.0310. The predicted octanol–water partition coefficient (Wildman–Crippen LogP) is 0.518. The number of aliphatic hydroxyl groups is 2. The summed E-state index contributed by atoms with van der Waals surface area (Å²) in [5, 5.41) is 19.6. The molecule has 2 rings (SSSR count). The second kappa shape index (κ2) is 4.26. The Morgan fingerprint density at radius 1 is 1.40 bits per heavy atom. The van der Waals surface area contributed by atoms with E-state index in [1.54, 1.807) is 23.0 Å². The van der Waals surface area contributed by atoms with Crippen LogP contribution in [-0.2, 0) is 0 Å². The van der Waals surface area contributed by atoms with E-state index in [0.29, 0.717) is 16.7 Å². The van der Waals surface area contributed by atoms with E-state index in [4.69, 9.17) is 0 Å². The molecule has 0 aromatic carbocycles. The number of hydrogen-bond acceptors (Lipinski definition) is 4. The van der Waals surface area contributed by atoms with Crippen molar-refractivity contribution >= 4 is 21.6 Å². The molecule has 0 aliphatic carbocycles. The molecule has 2 aromatic heterocycles. The van der Waals surface area contributed by atoms with Gasteiger partial charge in [0.15, 0.2) is 5.65 Å². The third-order valence-corrected chi connectivity index (χ3v) is 2.83. The first-order chi connectivity index (χ1) is 7.24. The molecule has 15 heavy (non-hydrogen) atoms. The molecule has 2 heterocycles. The third kappa shape index (κ3) is 1.88. The predicted molar refractivity (Wildman–Crippen MR) is 57.7 cm³/mol. The van der Waals surface area contributed by atoms with Crippen molar-refractivity contribution in [1.29, 1.82) is 0 Å². The van der Waals surface area contributed by atoms with Gasteiger partial charge in [-0.3, -0.25) is 9.38 Å². The zero-order chi connectivity index (χ0) is 10.8. The Bertz CT molecular complexity index is 459. The quantitative estimate of drug-likeness (QED) is 0.799. The van der Waals surface area contributed by atoms with Crippen LogP contribution in [0.4, 0.5) is 0 Å². The number of fused-ring (bicyclic) bond motifs is 1. The minimum Gasteiger partial charge on any atom is -0.389 e. The maximum atomic E-state index is 9.81. The van der Waals surface area contributed by atoms with E-state index in [2.05, 4.69) is 25.9 Å². The molecule has 0 fully saturated rings. The first-order valence-corrected chi connectivity index (χ1v) is 5.55. The monoisotopic (exact) mass is 271 g/mol. The van der Waals surface area contributed by atoms with E-state index in [1.165, 1.54) is 6.20 Å². The molecule has 0 radical (unpaired) electrons. The first-order valence-electron chi connectivity index (χ1n) is 4.43. The molecule has 0 bridgehead atoms. The SMILES string of the molecule is OC(CBr)C(O)c1cnc2cnccn12. The summed E-state index contributed by atoms with van der Waals surface area (Å²) in [6.45, 7) is 0. The zero-order valence-corrected chi connectivity index (χ0v) is 9.37. The standard InChI is InChI=1S/C9H10BrN3O2/c10-3-7(14)9(15)6-4-12-8-5-11-1-2-13(6)8/h1-2,4-5,7,9,14-15H,3H2. The highest BCUT2D eigenvalue weighted by Gasteiger charge is 2.20. The molecule has 5 nitrogen and oxygen atoms in total. The molecular weight excluding hydrogens is 262 g/mol. The second-order valence-corrected chi connectivity index (χ2v) is 3.80. The molecule has 0 saturated heterocycles. The Morgan fingerprint density at radius 3 is 2.93 bits per heavy atom. The van der Waals surface area contributed by atoms with Crippen LogP contribution in [0, 0.1) is 0 Å². The Hall–Kier alpha value is -0.980. The number of nitrogens with zero attached hydrogens (tertiary/aromatic N) is 3. The van der Waals surface area contributed by atoms with E-state index in [9.17, 15) is 10.2 Å². The van der Waals surface area contributed by atoms with Crippen molar-refractivity contribution in [3.63, 3.8) is 0 Å². The van der Waals surface area contributed by atoms with E-state index >= 15 is 0 Å². The van der Waals surface area contributed by atoms with Crippen molar-refractivity contribution in [2.24, 2.45) is 0 Å². The second-order valence-electron chi connectivity index (χ2n) is 3.15. The molecule has 0 saturated carbocycles. The topological polar surface area (TPSA) is 70.7 Å². The van der Waals surface area contributed by atoms with Crippen LogP contribution in [0.25, 0.3) is 5.65 Å². The van der Waals surface area contributed by atoms with Gasteiger partial charge < -0.3 is 10.2 Å². The van der Waals surface area contributed by atoms with Crippen LogP contribution >= 0.6 is 15.9 Å². The van der Waals surface area contributed by atoms with Crippen molar-refractivity contribution in [2.45, 2.75) is 12.2 Å². The highest BCUT2D eigenvalue weighted by molar-refractivity contribution is 9.09. The van der Waals surface area contributed by atoms with E-state index in [0.717, 1.165) is 0 Å². The summed E-state index contributed by atoms with van der Waals surface area (Å²) in [5.74, 6) is 0. The smallest absolute Gasteiger partial charge is 0.155 e. The summed E-state index contributed by atoms with van der Waals surface area (Å²) in [4.78, 5) is 7.98. The highest BCUT2D eigenvalue weighted by atomic mass is 79.9. The fraction of sp³-hybridized carbons (Fsp3) is 0.333. The van der Waals surface area contributed by atoms with Gasteiger partial charge in [0.1, 0.15) is 6.10 Å². The number of alkyl halides is 1. The molecule has 0 aliphatic heterocycles. The molecule has 2 aromatic rings. The van der Waals surface area contributed by atoms with Gasteiger partial charge in [-0.15, -0.1) is 0 Å². The number of rotatable bonds is 3. The number of hydrogen-bond donors (Lipinski definition) is 2. The van der Waals surface area contributed by atoms with Crippen LogP contribution in [0.3, 0.4) is 0 Å². The average Bonchev–Trinajstić information content (AvgIpc) is 2.70. The Labute approximate surface area is 94.5 Å². The number of aliphatic hydroxyl groups excluding tert-OH is 2. The van der Waals surface area contributed by atoms with Gasteiger partial charge in [0, 0.05) is 17.7 Å². The third-order valence-electron chi connectivity index (χ3n) is 2.17. The summed E-state index contributed by atoms with van der Waals surface area (Å²) < 4.78 is 1.70. The van der Waals surface area contributed by atoms with Crippen LogP contribution in [0.2, 0.25) is 0 Å². The lowest BCUT2D eigenvalue weighted by Crippen LogP contribution is -2.20. The van der Waals surface area contributed by atoms with E-state index < -0.39 is 12.2 Å². The average molecular weight is 272 g/mol. The fourth-order valence-corrected chi connectivity index (χ4v) is 1.72. The van der Waals surface area contributed by atoms with Gasteiger partial charge >= 0.3 is 0 Å². The van der Waals surface area contributed by atoms with Crippen molar-refractivity contribution < 1.29 is 10.2 Å². The molecule has 0 aliphatic rings. The number of imidazole rings is 1. The van der Waals surface area contributed by atoms with Crippen LogP contribution in [-0.4, -0.2) is 36.0 Å². The van der Waals surface area contributed by atoms with Gasteiger partial charge in [0.05, 0.1) is 24.2 Å². The lowest BCUT2D eigenvalue weighted by atomic mass is 10.2. The summed E-state index contributed by atoms with van der Waals surface area (Å²) in [7, 11) is 0. The summed E-state index contributed by atoms with van der Waals surface area (Å²) >= 11 is 3.11. The minimum atomic E-state index is -0.957. The molecular formula is C9H10BrN3O2. The molecule has 6 heteroatoms. The maximum Gasteiger partial charge on any atom is 0.155 e. The van der Waals surface area contributed by atoms with Gasteiger partial charge in [0.2, 0.25) is 0 Å². The van der Waals surface area contributed by atoms with Crippen molar-refractivity contribution in [3.05, 3.63) is 30.5 Å². The number of aromatic nitrogens is 3. The van der Waals surface area contributed by atoms with Gasteiger partial charge in [-0.05, 0) is 0 Å². The molecule has 0 spiro atoms. The van der Waals surface area contributed by atoms with Crippen molar-refractivity contribution in [2.75, 3.05) is 5.33 Å². The molecule has 80 valence electrons. The summed E-state index contributed by atoms with van der Waals surface area (Å²) in [6.07, 6.45) is 4.62. The van der Waals surface area contributed by atoms with Gasteiger partial charge in [-0.25, -0.2) is 4.98 Å². The molecule has 0 amide bonds. The molecule has 2 unspecified atom stereocenters. The maximum absolute atomic E-state index is 9.81. The highest BCUT2D eigenvalue weighted by Crippen LogP contribution is 2.18. The minimum absolute atomic E-state index is 0.312. The Balaban J connectivity index is 2.43. The van der Waals surface area contributed by atoms with Gasteiger partial charge in [0.25, 0.3) is 0 Å². The Kier molecular flexibility index (Phi) is 2.99. The van der Waals surface area contributed by atoms with E-state index in [-0.39, 0.29) is 0 Å².